The fourth-order valence-corrected chi connectivity index (χ4v) is 5.49. The molecule has 2 nitrogen and oxygen atoms in total. The fourth-order valence-electron chi connectivity index (χ4n) is 5.49. The van der Waals surface area contributed by atoms with Gasteiger partial charge in [-0.2, -0.15) is 0 Å². The zero-order chi connectivity index (χ0) is 20.4. The monoisotopic (exact) mass is 478 g/mol. The first kappa shape index (κ1) is 31.5. The van der Waals surface area contributed by atoms with Crippen LogP contribution in [0.25, 0.3) is 0 Å². The molecule has 2 aliphatic heterocycles. The average molecular weight is 480 g/mol. The van der Waals surface area contributed by atoms with Crippen LogP contribution in [0.4, 0.5) is 0 Å². The van der Waals surface area contributed by atoms with Gasteiger partial charge in [0.15, 0.2) is 0 Å². The molecule has 2 saturated heterocycles. The molecule has 2 aliphatic rings. The van der Waals surface area contributed by atoms with Crippen molar-refractivity contribution >= 4 is 24.8 Å². The number of hydrogen-bond donors (Lipinski definition) is 1. The second-order valence-corrected chi connectivity index (χ2v) is 10.3. The van der Waals surface area contributed by atoms with Crippen LogP contribution in [-0.4, -0.2) is 37.6 Å². The van der Waals surface area contributed by atoms with Gasteiger partial charge < -0.3 is 10.2 Å². The SMILES string of the molecule is CCCCCCCCCCCCCCCN1CCC(CCC2CCNCC2)CC1.Cl.Cl. The van der Waals surface area contributed by atoms with E-state index in [1.54, 1.807) is 0 Å². The van der Waals surface area contributed by atoms with Gasteiger partial charge in [0.25, 0.3) is 0 Å². The topological polar surface area (TPSA) is 15.3 Å². The molecule has 1 N–H and O–H groups in total. The number of likely N-dealkylation sites (tertiary alicyclic amines) is 1. The van der Waals surface area contributed by atoms with Gasteiger partial charge in [0.05, 0.1) is 0 Å². The summed E-state index contributed by atoms with van der Waals surface area (Å²) in [6.07, 6.45) is 27.9. The van der Waals surface area contributed by atoms with Gasteiger partial charge in [0, 0.05) is 0 Å². The molecule has 188 valence electrons. The maximum absolute atomic E-state index is 3.50. The van der Waals surface area contributed by atoms with Gasteiger partial charge in [-0.3, -0.25) is 0 Å². The van der Waals surface area contributed by atoms with E-state index in [9.17, 15) is 0 Å². The standard InChI is InChI=1S/C27H54N2.2ClH/c1-2-3-4-5-6-7-8-9-10-11-12-13-14-23-29-24-19-27(20-25-29)16-15-26-17-21-28-22-18-26;;/h26-28H,2-25H2,1H3;2*1H. The smallest absolute Gasteiger partial charge is 0.00161 e. The number of rotatable bonds is 17. The molecule has 2 fully saturated rings. The number of unbranched alkanes of at least 4 members (excludes halogenated alkanes) is 12. The highest BCUT2D eigenvalue weighted by Crippen LogP contribution is 2.27. The van der Waals surface area contributed by atoms with E-state index in [-0.39, 0.29) is 24.8 Å². The van der Waals surface area contributed by atoms with Crippen LogP contribution in [0.15, 0.2) is 0 Å². The van der Waals surface area contributed by atoms with E-state index in [0.717, 1.165) is 11.8 Å². The van der Waals surface area contributed by atoms with Crippen LogP contribution in [0.1, 0.15) is 129 Å². The van der Waals surface area contributed by atoms with Gasteiger partial charge in [-0.05, 0) is 76.7 Å². The average Bonchev–Trinajstić information content (AvgIpc) is 2.77. The van der Waals surface area contributed by atoms with Crippen molar-refractivity contribution in [1.29, 1.82) is 0 Å². The minimum Gasteiger partial charge on any atom is -0.317 e. The number of piperidine rings is 2. The Morgan fingerprint density at radius 2 is 1.00 bits per heavy atom. The Kier molecular flexibility index (Phi) is 22.7. The summed E-state index contributed by atoms with van der Waals surface area (Å²) in [6, 6.07) is 0. The lowest BCUT2D eigenvalue weighted by Gasteiger charge is -2.33. The third kappa shape index (κ3) is 16.7. The van der Waals surface area contributed by atoms with E-state index in [0.29, 0.717) is 0 Å². The molecule has 0 aliphatic carbocycles. The van der Waals surface area contributed by atoms with Crippen LogP contribution >= 0.6 is 24.8 Å². The van der Waals surface area contributed by atoms with Crippen molar-refractivity contribution in [2.24, 2.45) is 11.8 Å². The molecule has 4 heteroatoms. The number of nitrogens with one attached hydrogen (secondary N) is 1. The summed E-state index contributed by atoms with van der Waals surface area (Å²) >= 11 is 0. The van der Waals surface area contributed by atoms with Crippen LogP contribution < -0.4 is 5.32 Å². The number of halogens is 2. The summed E-state index contributed by atoms with van der Waals surface area (Å²) < 4.78 is 0. The molecule has 0 radical (unpaired) electrons. The van der Waals surface area contributed by atoms with E-state index in [4.69, 9.17) is 0 Å². The minimum absolute atomic E-state index is 0. The molecule has 0 aromatic carbocycles. The minimum atomic E-state index is 0. The molecule has 0 bridgehead atoms. The summed E-state index contributed by atoms with van der Waals surface area (Å²) in [4.78, 5) is 2.76. The maximum Gasteiger partial charge on any atom is -0.00161 e. The van der Waals surface area contributed by atoms with E-state index >= 15 is 0 Å². The van der Waals surface area contributed by atoms with Gasteiger partial charge in [-0.15, -0.1) is 24.8 Å². The molecular formula is C27H56Cl2N2. The molecule has 0 unspecified atom stereocenters. The first-order chi connectivity index (χ1) is 14.4. The van der Waals surface area contributed by atoms with Crippen LogP contribution in [0.2, 0.25) is 0 Å². The lowest BCUT2D eigenvalue weighted by molar-refractivity contribution is 0.168. The lowest BCUT2D eigenvalue weighted by Crippen LogP contribution is -2.34. The second-order valence-electron chi connectivity index (χ2n) is 10.3. The van der Waals surface area contributed by atoms with Crippen LogP contribution in [0, 0.1) is 11.8 Å². The molecule has 0 saturated carbocycles. The predicted molar refractivity (Wildman–Crippen MR) is 144 cm³/mol. The largest absolute Gasteiger partial charge is 0.317 e. The van der Waals surface area contributed by atoms with Crippen molar-refractivity contribution in [3.63, 3.8) is 0 Å². The van der Waals surface area contributed by atoms with E-state index in [1.807, 2.05) is 0 Å². The third-order valence-corrected chi connectivity index (χ3v) is 7.73. The highest BCUT2D eigenvalue weighted by molar-refractivity contribution is 5.85. The fraction of sp³-hybridized carbons (Fsp3) is 1.00. The van der Waals surface area contributed by atoms with E-state index < -0.39 is 0 Å². The van der Waals surface area contributed by atoms with Crippen molar-refractivity contribution < 1.29 is 0 Å². The molecule has 2 rings (SSSR count). The normalized spacial score (nSPS) is 18.5. The molecule has 0 aromatic heterocycles. The van der Waals surface area contributed by atoms with Crippen molar-refractivity contribution in [3.8, 4) is 0 Å². The summed E-state index contributed by atoms with van der Waals surface area (Å²) in [5.41, 5.74) is 0. The van der Waals surface area contributed by atoms with Crippen LogP contribution in [0.5, 0.6) is 0 Å². The number of nitrogens with zero attached hydrogens (tertiary/aromatic N) is 1. The summed E-state index contributed by atoms with van der Waals surface area (Å²) in [5, 5.41) is 3.50. The van der Waals surface area contributed by atoms with Crippen molar-refractivity contribution in [3.05, 3.63) is 0 Å². The molecular weight excluding hydrogens is 423 g/mol. The Labute approximate surface area is 208 Å². The van der Waals surface area contributed by atoms with Gasteiger partial charge in [0.1, 0.15) is 0 Å². The highest BCUT2D eigenvalue weighted by Gasteiger charge is 2.20. The molecule has 31 heavy (non-hydrogen) atoms. The van der Waals surface area contributed by atoms with Crippen molar-refractivity contribution in [1.82, 2.24) is 10.2 Å². The van der Waals surface area contributed by atoms with Gasteiger partial charge in [-0.1, -0.05) is 96.8 Å². The Hall–Kier alpha value is 0.500. The predicted octanol–water partition coefficient (Wildman–Crippen LogP) is 8.41. The highest BCUT2D eigenvalue weighted by atomic mass is 35.5. The Morgan fingerprint density at radius 3 is 1.48 bits per heavy atom. The maximum atomic E-state index is 3.50. The Bertz CT molecular complexity index is 353. The van der Waals surface area contributed by atoms with Crippen LogP contribution in [-0.2, 0) is 0 Å². The quantitative estimate of drug-likeness (QED) is 0.211. The number of hydrogen-bond acceptors (Lipinski definition) is 2. The molecule has 0 aromatic rings. The molecule has 0 atom stereocenters. The Balaban J connectivity index is 0.00000450. The van der Waals surface area contributed by atoms with Gasteiger partial charge in [0.2, 0.25) is 0 Å². The summed E-state index contributed by atoms with van der Waals surface area (Å²) in [6.45, 7) is 8.98. The third-order valence-electron chi connectivity index (χ3n) is 7.73. The first-order valence-corrected chi connectivity index (χ1v) is 13.8. The van der Waals surface area contributed by atoms with Crippen LogP contribution in [0.3, 0.4) is 0 Å². The van der Waals surface area contributed by atoms with Gasteiger partial charge >= 0.3 is 0 Å². The summed E-state index contributed by atoms with van der Waals surface area (Å²) in [7, 11) is 0. The van der Waals surface area contributed by atoms with E-state index in [1.165, 1.54) is 155 Å². The Morgan fingerprint density at radius 1 is 0.581 bits per heavy atom. The van der Waals surface area contributed by atoms with E-state index in [2.05, 4.69) is 17.1 Å². The molecule has 2 heterocycles. The lowest BCUT2D eigenvalue weighted by atomic mass is 9.85. The first-order valence-electron chi connectivity index (χ1n) is 13.8. The summed E-state index contributed by atoms with van der Waals surface area (Å²) in [5.74, 6) is 2.06. The van der Waals surface area contributed by atoms with Gasteiger partial charge in [-0.25, -0.2) is 0 Å². The zero-order valence-corrected chi connectivity index (χ0v) is 22.5. The van der Waals surface area contributed by atoms with Crippen molar-refractivity contribution in [2.75, 3.05) is 32.7 Å². The second kappa shape index (κ2) is 22.3. The molecule has 0 spiro atoms. The molecule has 0 amide bonds. The zero-order valence-electron chi connectivity index (χ0n) is 20.9. The van der Waals surface area contributed by atoms with Crippen molar-refractivity contribution in [2.45, 2.75) is 129 Å².